The quantitative estimate of drug-likeness (QED) is 0.874. The van der Waals surface area contributed by atoms with E-state index in [9.17, 15) is 0 Å². The van der Waals surface area contributed by atoms with Gasteiger partial charge in [0.2, 0.25) is 11.7 Å². The molecule has 5 nitrogen and oxygen atoms in total. The molecule has 2 aromatic rings. The summed E-state index contributed by atoms with van der Waals surface area (Å²) < 4.78 is 5.25. The van der Waals surface area contributed by atoms with Crippen LogP contribution in [0.5, 0.6) is 0 Å². The highest BCUT2D eigenvalue weighted by Gasteiger charge is 2.11. The van der Waals surface area contributed by atoms with Crippen LogP contribution < -0.4 is 5.32 Å². The second kappa shape index (κ2) is 5.73. The fraction of sp³-hybridized carbons (Fsp3) is 0.462. The van der Waals surface area contributed by atoms with Gasteiger partial charge in [-0.15, -0.1) is 0 Å². The third kappa shape index (κ3) is 2.92. The molecule has 2 rings (SSSR count). The lowest BCUT2D eigenvalue weighted by molar-refractivity contribution is 0.369. The molecule has 0 aliphatic carbocycles. The summed E-state index contributed by atoms with van der Waals surface area (Å²) in [7, 11) is 1.95. The monoisotopic (exact) mass is 246 g/mol. The lowest BCUT2D eigenvalue weighted by Gasteiger charge is -2.06. The van der Waals surface area contributed by atoms with Crippen molar-refractivity contribution >= 4 is 0 Å². The molecule has 2 heterocycles. The zero-order chi connectivity index (χ0) is 13.0. The highest BCUT2D eigenvalue weighted by molar-refractivity contribution is 5.57. The lowest BCUT2D eigenvalue weighted by atomic mass is 10.1. The topological polar surface area (TPSA) is 63.8 Å². The summed E-state index contributed by atoms with van der Waals surface area (Å²) in [5, 5.41) is 7.19. The highest BCUT2D eigenvalue weighted by atomic mass is 16.5. The Morgan fingerprint density at radius 2 is 2.28 bits per heavy atom. The van der Waals surface area contributed by atoms with E-state index in [1.165, 1.54) is 0 Å². The van der Waals surface area contributed by atoms with Gasteiger partial charge in [0.15, 0.2) is 0 Å². The van der Waals surface area contributed by atoms with Gasteiger partial charge >= 0.3 is 0 Å². The number of nitrogens with one attached hydrogen (secondary N) is 1. The van der Waals surface area contributed by atoms with E-state index in [1.54, 1.807) is 12.4 Å². The number of hydrogen-bond donors (Lipinski definition) is 1. The Morgan fingerprint density at radius 3 is 3.00 bits per heavy atom. The molecule has 0 aromatic carbocycles. The minimum absolute atomic E-state index is 0.445. The van der Waals surface area contributed by atoms with Crippen LogP contribution >= 0.6 is 0 Å². The number of nitrogens with zero attached hydrogens (tertiary/aromatic N) is 3. The van der Waals surface area contributed by atoms with Gasteiger partial charge in [-0.2, -0.15) is 4.98 Å². The molecule has 0 radical (unpaired) electrons. The molecular formula is C13H18N4O. The average Bonchev–Trinajstić information content (AvgIpc) is 2.85. The molecule has 0 saturated heterocycles. The van der Waals surface area contributed by atoms with Crippen LogP contribution in [-0.2, 0) is 6.42 Å². The van der Waals surface area contributed by atoms with Gasteiger partial charge in [0.25, 0.3) is 0 Å². The molecule has 5 heteroatoms. The van der Waals surface area contributed by atoms with Crippen molar-refractivity contribution in [1.29, 1.82) is 0 Å². The first-order valence-corrected chi connectivity index (χ1v) is 6.11. The van der Waals surface area contributed by atoms with Crippen LogP contribution in [0.2, 0.25) is 0 Å². The van der Waals surface area contributed by atoms with Crippen LogP contribution in [0.1, 0.15) is 24.8 Å². The summed E-state index contributed by atoms with van der Waals surface area (Å²) in [6, 6.07) is 2.38. The van der Waals surface area contributed by atoms with Crippen LogP contribution in [0.4, 0.5) is 0 Å². The van der Waals surface area contributed by atoms with E-state index in [0.717, 1.165) is 24.0 Å². The Hall–Kier alpha value is -1.75. The first-order valence-electron chi connectivity index (χ1n) is 6.11. The molecule has 0 fully saturated rings. The Balaban J connectivity index is 2.09. The molecule has 0 saturated carbocycles. The van der Waals surface area contributed by atoms with Crippen molar-refractivity contribution in [2.24, 2.45) is 0 Å². The zero-order valence-electron chi connectivity index (χ0n) is 11.0. The highest BCUT2D eigenvalue weighted by Crippen LogP contribution is 2.19. The maximum atomic E-state index is 5.25. The summed E-state index contributed by atoms with van der Waals surface area (Å²) in [4.78, 5) is 8.49. The molecule has 0 aliphatic rings. The molecule has 2 aromatic heterocycles. The van der Waals surface area contributed by atoms with E-state index in [-0.39, 0.29) is 0 Å². The first-order chi connectivity index (χ1) is 8.70. The van der Waals surface area contributed by atoms with Gasteiger partial charge < -0.3 is 9.84 Å². The fourth-order valence-corrected chi connectivity index (χ4v) is 1.65. The van der Waals surface area contributed by atoms with Crippen LogP contribution in [0.3, 0.4) is 0 Å². The van der Waals surface area contributed by atoms with Crippen molar-refractivity contribution in [3.05, 3.63) is 29.9 Å². The Kier molecular flexibility index (Phi) is 4.04. The predicted molar refractivity (Wildman–Crippen MR) is 69.1 cm³/mol. The van der Waals surface area contributed by atoms with Crippen LogP contribution in [0, 0.1) is 6.92 Å². The summed E-state index contributed by atoms with van der Waals surface area (Å²) in [5.74, 6) is 1.29. The van der Waals surface area contributed by atoms with E-state index < -0.39 is 0 Å². The third-order valence-corrected chi connectivity index (χ3v) is 3.03. The SMILES string of the molecule is CNC(C)CCc1nc(-c2cnccc2C)no1. The minimum atomic E-state index is 0.445. The molecular weight excluding hydrogens is 228 g/mol. The van der Waals surface area contributed by atoms with Crippen molar-refractivity contribution in [3.8, 4) is 11.4 Å². The number of hydrogen-bond acceptors (Lipinski definition) is 5. The van der Waals surface area contributed by atoms with E-state index in [2.05, 4.69) is 27.4 Å². The molecule has 96 valence electrons. The first kappa shape index (κ1) is 12.7. The van der Waals surface area contributed by atoms with E-state index in [0.29, 0.717) is 17.8 Å². The normalized spacial score (nSPS) is 12.6. The number of pyridine rings is 1. The molecule has 18 heavy (non-hydrogen) atoms. The number of aromatic nitrogens is 3. The molecule has 1 unspecified atom stereocenters. The maximum absolute atomic E-state index is 5.25. The van der Waals surface area contributed by atoms with Crippen LogP contribution in [-0.4, -0.2) is 28.2 Å². The van der Waals surface area contributed by atoms with Gasteiger partial charge in [0, 0.05) is 30.4 Å². The molecule has 0 amide bonds. The standard InChI is InChI=1S/C13H18N4O/c1-9-6-7-15-8-11(9)13-16-12(18-17-13)5-4-10(2)14-3/h6-8,10,14H,4-5H2,1-3H3. The summed E-state index contributed by atoms with van der Waals surface area (Å²) in [6.07, 6.45) is 5.28. The van der Waals surface area contributed by atoms with Gasteiger partial charge in [-0.1, -0.05) is 5.16 Å². The smallest absolute Gasteiger partial charge is 0.227 e. The molecule has 1 atom stereocenters. The summed E-state index contributed by atoms with van der Waals surface area (Å²) >= 11 is 0. The van der Waals surface area contributed by atoms with Crippen molar-refractivity contribution in [2.45, 2.75) is 32.7 Å². The second-order valence-corrected chi connectivity index (χ2v) is 4.43. The van der Waals surface area contributed by atoms with Gasteiger partial charge in [0.05, 0.1) is 0 Å². The largest absolute Gasteiger partial charge is 0.339 e. The lowest BCUT2D eigenvalue weighted by Crippen LogP contribution is -2.21. The predicted octanol–water partition coefficient (Wildman–Crippen LogP) is 1.98. The Labute approximate surface area is 107 Å². The van der Waals surface area contributed by atoms with Crippen LogP contribution in [0.15, 0.2) is 23.0 Å². The van der Waals surface area contributed by atoms with Gasteiger partial charge in [-0.25, -0.2) is 0 Å². The van der Waals surface area contributed by atoms with Gasteiger partial charge in [0.1, 0.15) is 0 Å². The number of rotatable bonds is 5. The van der Waals surface area contributed by atoms with Gasteiger partial charge in [-0.3, -0.25) is 4.98 Å². The van der Waals surface area contributed by atoms with E-state index >= 15 is 0 Å². The van der Waals surface area contributed by atoms with Crippen LogP contribution in [0.25, 0.3) is 11.4 Å². The summed E-state index contributed by atoms with van der Waals surface area (Å²) in [5.41, 5.74) is 2.02. The molecule has 0 aliphatic heterocycles. The van der Waals surface area contributed by atoms with E-state index in [4.69, 9.17) is 4.52 Å². The Bertz CT molecular complexity index is 509. The van der Waals surface area contributed by atoms with E-state index in [1.807, 2.05) is 20.0 Å². The third-order valence-electron chi connectivity index (χ3n) is 3.03. The number of aryl methyl sites for hydroxylation is 2. The van der Waals surface area contributed by atoms with Crippen molar-refractivity contribution in [1.82, 2.24) is 20.4 Å². The zero-order valence-corrected chi connectivity index (χ0v) is 11.0. The van der Waals surface area contributed by atoms with Crippen molar-refractivity contribution < 1.29 is 4.52 Å². The molecule has 0 bridgehead atoms. The van der Waals surface area contributed by atoms with Gasteiger partial charge in [-0.05, 0) is 38.9 Å². The Morgan fingerprint density at radius 1 is 1.44 bits per heavy atom. The van der Waals surface area contributed by atoms with Crippen molar-refractivity contribution in [3.63, 3.8) is 0 Å². The fourth-order valence-electron chi connectivity index (χ4n) is 1.65. The molecule has 1 N–H and O–H groups in total. The maximum Gasteiger partial charge on any atom is 0.227 e. The second-order valence-electron chi connectivity index (χ2n) is 4.43. The molecule has 0 spiro atoms. The minimum Gasteiger partial charge on any atom is -0.339 e. The summed E-state index contributed by atoms with van der Waals surface area (Å²) in [6.45, 7) is 4.14. The van der Waals surface area contributed by atoms with Crippen molar-refractivity contribution in [2.75, 3.05) is 7.05 Å². The average molecular weight is 246 g/mol.